The highest BCUT2D eigenvalue weighted by Gasteiger charge is 2.17. The fourth-order valence-electron chi connectivity index (χ4n) is 7.54. The topological polar surface area (TPSA) is 30.7 Å². The maximum Gasteiger partial charge on any atom is 0.160 e. The molecule has 3 heteroatoms. The average molecular weight is 650 g/mol. The predicted molar refractivity (Wildman–Crippen MR) is 213 cm³/mol. The Morgan fingerprint density at radius 1 is 0.353 bits per heavy atom. The lowest BCUT2D eigenvalue weighted by atomic mass is 9.96. The first-order chi connectivity index (χ1) is 25.3. The number of para-hydroxylation sites is 1. The molecule has 2 heterocycles. The van der Waals surface area contributed by atoms with Crippen LogP contribution in [0.3, 0.4) is 0 Å². The highest BCUT2D eigenvalue weighted by atomic mass is 15.0. The zero-order valence-electron chi connectivity index (χ0n) is 27.7. The fourth-order valence-corrected chi connectivity index (χ4v) is 7.54. The van der Waals surface area contributed by atoms with Gasteiger partial charge in [-0.15, -0.1) is 0 Å². The first-order valence-electron chi connectivity index (χ1n) is 17.3. The van der Waals surface area contributed by atoms with Crippen molar-refractivity contribution in [3.8, 4) is 50.6 Å². The van der Waals surface area contributed by atoms with Gasteiger partial charge < -0.3 is 4.57 Å². The summed E-state index contributed by atoms with van der Waals surface area (Å²) in [4.78, 5) is 10.2. The van der Waals surface area contributed by atoms with Crippen molar-refractivity contribution in [1.29, 1.82) is 0 Å². The Morgan fingerprint density at radius 3 is 1.80 bits per heavy atom. The summed E-state index contributed by atoms with van der Waals surface area (Å²) >= 11 is 0. The molecular weight excluding hydrogens is 619 g/mol. The van der Waals surface area contributed by atoms with E-state index in [4.69, 9.17) is 9.97 Å². The van der Waals surface area contributed by atoms with Crippen LogP contribution in [0.4, 0.5) is 0 Å². The van der Waals surface area contributed by atoms with Crippen molar-refractivity contribution in [3.05, 3.63) is 188 Å². The molecule has 0 aliphatic heterocycles. The van der Waals surface area contributed by atoms with Crippen LogP contribution >= 0.6 is 0 Å². The van der Waals surface area contributed by atoms with Gasteiger partial charge in [0.2, 0.25) is 0 Å². The van der Waals surface area contributed by atoms with Crippen LogP contribution < -0.4 is 0 Å². The lowest BCUT2D eigenvalue weighted by molar-refractivity contribution is 1.18. The highest BCUT2D eigenvalue weighted by Crippen LogP contribution is 2.39. The Morgan fingerprint density at radius 2 is 1.00 bits per heavy atom. The van der Waals surface area contributed by atoms with Gasteiger partial charge in [0.1, 0.15) is 0 Å². The van der Waals surface area contributed by atoms with Crippen LogP contribution in [0.2, 0.25) is 0 Å². The monoisotopic (exact) mass is 649 g/mol. The fraction of sp³-hybridized carbons (Fsp3) is 0. The van der Waals surface area contributed by atoms with Gasteiger partial charge in [-0.3, -0.25) is 0 Å². The van der Waals surface area contributed by atoms with E-state index in [0.717, 1.165) is 50.4 Å². The molecular formula is C48H31N3. The molecule has 0 aliphatic carbocycles. The van der Waals surface area contributed by atoms with Crippen LogP contribution in [0, 0.1) is 0 Å². The molecule has 238 valence electrons. The largest absolute Gasteiger partial charge is 0.309 e. The zero-order chi connectivity index (χ0) is 33.7. The lowest BCUT2D eigenvalue weighted by Gasteiger charge is -2.12. The minimum absolute atomic E-state index is 0.729. The number of nitrogens with zero attached hydrogens (tertiary/aromatic N) is 3. The lowest BCUT2D eigenvalue weighted by Crippen LogP contribution is -1.95. The molecule has 0 atom stereocenters. The van der Waals surface area contributed by atoms with E-state index in [1.165, 1.54) is 43.7 Å². The van der Waals surface area contributed by atoms with Crippen LogP contribution in [0.1, 0.15) is 0 Å². The van der Waals surface area contributed by atoms with Crippen LogP contribution in [0.15, 0.2) is 188 Å². The van der Waals surface area contributed by atoms with Gasteiger partial charge in [0.15, 0.2) is 5.82 Å². The normalized spacial score (nSPS) is 11.5. The van der Waals surface area contributed by atoms with Crippen molar-refractivity contribution in [2.75, 3.05) is 0 Å². The molecule has 10 aromatic rings. The molecule has 51 heavy (non-hydrogen) atoms. The smallest absolute Gasteiger partial charge is 0.160 e. The summed E-state index contributed by atoms with van der Waals surface area (Å²) in [6.45, 7) is 0. The van der Waals surface area contributed by atoms with E-state index in [1.54, 1.807) is 0 Å². The standard InChI is InChI=1S/C48H31N3/c1-4-14-33(15-5-1)47-43-30-35(24-27-44(43)49-48(50-47)34-16-6-2-7-17-34)36-25-28-45-42(29-36)41-26-23-37(31-46(41)51(45)38-19-8-3-9-20-38)40-22-12-18-32-13-10-11-21-39(32)40/h1-31H. The summed E-state index contributed by atoms with van der Waals surface area (Å²) in [7, 11) is 0. The van der Waals surface area contributed by atoms with Gasteiger partial charge in [-0.2, -0.15) is 0 Å². The first-order valence-corrected chi connectivity index (χ1v) is 17.3. The molecule has 2 aromatic heterocycles. The molecule has 0 bridgehead atoms. The third kappa shape index (κ3) is 4.98. The zero-order valence-corrected chi connectivity index (χ0v) is 27.7. The number of aromatic nitrogens is 3. The Hall–Kier alpha value is -6.84. The number of hydrogen-bond donors (Lipinski definition) is 0. The highest BCUT2D eigenvalue weighted by molar-refractivity contribution is 6.12. The molecule has 0 amide bonds. The van der Waals surface area contributed by atoms with E-state index in [-0.39, 0.29) is 0 Å². The average Bonchev–Trinajstić information content (AvgIpc) is 3.54. The molecule has 10 rings (SSSR count). The minimum Gasteiger partial charge on any atom is -0.309 e. The summed E-state index contributed by atoms with van der Waals surface area (Å²) in [6, 6.07) is 66.9. The molecule has 0 saturated heterocycles. The van der Waals surface area contributed by atoms with E-state index < -0.39 is 0 Å². The molecule has 0 aliphatic rings. The maximum atomic E-state index is 5.14. The Bertz CT molecular complexity index is 2890. The van der Waals surface area contributed by atoms with Crippen molar-refractivity contribution in [2.45, 2.75) is 0 Å². The molecule has 3 nitrogen and oxygen atoms in total. The quantitative estimate of drug-likeness (QED) is 0.186. The van der Waals surface area contributed by atoms with Crippen molar-refractivity contribution in [2.24, 2.45) is 0 Å². The molecule has 0 unspecified atom stereocenters. The predicted octanol–water partition coefficient (Wildman–Crippen LogP) is 12.5. The Balaban J connectivity index is 1.17. The van der Waals surface area contributed by atoms with Crippen molar-refractivity contribution in [3.63, 3.8) is 0 Å². The summed E-state index contributed by atoms with van der Waals surface area (Å²) in [5.74, 6) is 0.729. The van der Waals surface area contributed by atoms with E-state index in [2.05, 4.69) is 168 Å². The molecule has 0 fully saturated rings. The van der Waals surface area contributed by atoms with E-state index in [1.807, 2.05) is 24.3 Å². The third-order valence-corrected chi connectivity index (χ3v) is 9.99. The first kappa shape index (κ1) is 29.1. The third-order valence-electron chi connectivity index (χ3n) is 9.99. The van der Waals surface area contributed by atoms with Gasteiger partial charge in [-0.05, 0) is 75.5 Å². The second-order valence-electron chi connectivity index (χ2n) is 13.0. The van der Waals surface area contributed by atoms with Gasteiger partial charge in [0.25, 0.3) is 0 Å². The van der Waals surface area contributed by atoms with E-state index in [0.29, 0.717) is 0 Å². The SMILES string of the molecule is c1ccc(-c2nc(-c3ccccc3)c3cc(-c4ccc5c(c4)c4ccc(-c6cccc7ccccc67)cc4n5-c4ccccc4)ccc3n2)cc1. The second kappa shape index (κ2) is 11.9. The second-order valence-corrected chi connectivity index (χ2v) is 13.0. The van der Waals surface area contributed by atoms with Gasteiger partial charge in [-0.25, -0.2) is 9.97 Å². The summed E-state index contributed by atoms with van der Waals surface area (Å²) in [5, 5.41) is 5.98. The summed E-state index contributed by atoms with van der Waals surface area (Å²) in [6.07, 6.45) is 0. The number of hydrogen-bond acceptors (Lipinski definition) is 2. The molecule has 0 spiro atoms. The summed E-state index contributed by atoms with van der Waals surface area (Å²) in [5.41, 5.74) is 12.2. The molecule has 8 aromatic carbocycles. The van der Waals surface area contributed by atoms with Crippen LogP contribution in [0.5, 0.6) is 0 Å². The Labute approximate surface area is 295 Å². The van der Waals surface area contributed by atoms with Crippen LogP contribution in [-0.4, -0.2) is 14.5 Å². The van der Waals surface area contributed by atoms with Crippen LogP contribution in [-0.2, 0) is 0 Å². The van der Waals surface area contributed by atoms with Gasteiger partial charge in [0.05, 0.1) is 22.2 Å². The van der Waals surface area contributed by atoms with E-state index in [9.17, 15) is 0 Å². The van der Waals surface area contributed by atoms with Crippen molar-refractivity contribution < 1.29 is 0 Å². The van der Waals surface area contributed by atoms with Crippen LogP contribution in [0.25, 0.3) is 94.1 Å². The minimum atomic E-state index is 0.729. The van der Waals surface area contributed by atoms with Crippen molar-refractivity contribution >= 4 is 43.5 Å². The number of benzene rings is 8. The number of fused-ring (bicyclic) bond motifs is 5. The molecule has 0 radical (unpaired) electrons. The number of rotatable bonds is 5. The molecule has 0 saturated carbocycles. The van der Waals surface area contributed by atoms with Gasteiger partial charge >= 0.3 is 0 Å². The molecule has 0 N–H and O–H groups in total. The maximum absolute atomic E-state index is 5.14. The van der Waals surface area contributed by atoms with Gasteiger partial charge in [0, 0.05) is 33.0 Å². The van der Waals surface area contributed by atoms with E-state index >= 15 is 0 Å². The van der Waals surface area contributed by atoms with Gasteiger partial charge in [-0.1, -0.05) is 146 Å². The summed E-state index contributed by atoms with van der Waals surface area (Å²) < 4.78 is 2.40. The van der Waals surface area contributed by atoms with Crippen molar-refractivity contribution in [1.82, 2.24) is 14.5 Å². The Kier molecular flexibility index (Phi) is 6.81.